The summed E-state index contributed by atoms with van der Waals surface area (Å²) in [7, 11) is 2.03. The Kier molecular flexibility index (Phi) is 6.18. The molecular weight excluding hydrogens is 410 g/mol. The number of hydrogen-bond donors (Lipinski definition) is 0. The molecule has 0 amide bonds. The average molecular weight is 440 g/mol. The van der Waals surface area contributed by atoms with E-state index >= 15 is 0 Å². The second kappa shape index (κ2) is 8.86. The van der Waals surface area contributed by atoms with Crippen molar-refractivity contribution in [2.24, 2.45) is 0 Å². The van der Waals surface area contributed by atoms with Crippen LogP contribution in [0.4, 0.5) is 5.69 Å². The van der Waals surface area contributed by atoms with Gasteiger partial charge in [0.05, 0.1) is 12.0 Å². The first kappa shape index (κ1) is 21.6. The quantitative estimate of drug-likeness (QED) is 0.589. The number of methoxy groups -OCH3 is 1. The number of ether oxygens (including phenoxy) is 1. The third-order valence-electron chi connectivity index (χ3n) is 5.86. The summed E-state index contributed by atoms with van der Waals surface area (Å²) >= 11 is 0. The Bertz CT molecular complexity index is 1150. The summed E-state index contributed by atoms with van der Waals surface area (Å²) in [6.07, 6.45) is 0. The van der Waals surface area contributed by atoms with Crippen molar-refractivity contribution in [3.05, 3.63) is 66.2 Å². The molecule has 0 unspecified atom stereocenters. The van der Waals surface area contributed by atoms with Gasteiger partial charge >= 0.3 is 0 Å². The number of anilines is 1. The van der Waals surface area contributed by atoms with Crippen molar-refractivity contribution in [1.29, 1.82) is 0 Å². The Morgan fingerprint density at radius 3 is 2.16 bits per heavy atom. The summed E-state index contributed by atoms with van der Waals surface area (Å²) < 4.78 is 33.8. The van der Waals surface area contributed by atoms with Gasteiger partial charge in [-0.1, -0.05) is 36.4 Å². The second-order valence-electron chi connectivity index (χ2n) is 8.05. The van der Waals surface area contributed by atoms with Gasteiger partial charge in [-0.15, -0.1) is 0 Å². The molecule has 3 aromatic rings. The molecule has 0 atom stereocenters. The van der Waals surface area contributed by atoms with Gasteiger partial charge in [0, 0.05) is 63.3 Å². The minimum atomic E-state index is -3.56. The molecule has 31 heavy (non-hydrogen) atoms. The summed E-state index contributed by atoms with van der Waals surface area (Å²) in [5.41, 5.74) is 2.21. The van der Waals surface area contributed by atoms with E-state index in [0.29, 0.717) is 31.1 Å². The van der Waals surface area contributed by atoms with Crippen molar-refractivity contribution in [3.8, 4) is 5.75 Å². The van der Waals surface area contributed by atoms with Crippen LogP contribution in [0.2, 0.25) is 0 Å². The van der Waals surface area contributed by atoms with Crippen molar-refractivity contribution in [2.45, 2.75) is 11.4 Å². The zero-order valence-electron chi connectivity index (χ0n) is 18.3. The molecule has 0 spiro atoms. The first-order valence-electron chi connectivity index (χ1n) is 10.4. The molecule has 0 saturated carbocycles. The van der Waals surface area contributed by atoms with Gasteiger partial charge in [0.15, 0.2) is 0 Å². The van der Waals surface area contributed by atoms with Crippen LogP contribution in [0.1, 0.15) is 5.56 Å². The van der Waals surface area contributed by atoms with Crippen molar-refractivity contribution in [3.63, 3.8) is 0 Å². The van der Waals surface area contributed by atoms with E-state index in [0.717, 1.165) is 28.8 Å². The third kappa shape index (κ3) is 4.39. The SMILES string of the molecule is COc1ccc(CN2CCN(S(=O)(=O)c3cccc4c(N(C)C)cccc34)CC2)cc1. The van der Waals surface area contributed by atoms with E-state index in [1.54, 1.807) is 17.5 Å². The number of nitrogens with zero attached hydrogens (tertiary/aromatic N) is 3. The van der Waals surface area contributed by atoms with E-state index in [1.165, 1.54) is 5.56 Å². The molecule has 0 aliphatic carbocycles. The fourth-order valence-corrected chi connectivity index (χ4v) is 5.76. The lowest BCUT2D eigenvalue weighted by atomic mass is 10.1. The van der Waals surface area contributed by atoms with E-state index < -0.39 is 10.0 Å². The highest BCUT2D eigenvalue weighted by molar-refractivity contribution is 7.89. The fraction of sp³-hybridized carbons (Fsp3) is 0.333. The zero-order valence-corrected chi connectivity index (χ0v) is 19.1. The minimum absolute atomic E-state index is 0.386. The van der Waals surface area contributed by atoms with Crippen LogP contribution < -0.4 is 9.64 Å². The Morgan fingerprint density at radius 1 is 0.871 bits per heavy atom. The number of sulfonamides is 1. The number of benzene rings is 3. The van der Waals surface area contributed by atoms with Gasteiger partial charge in [-0.25, -0.2) is 8.42 Å². The van der Waals surface area contributed by atoms with Crippen molar-refractivity contribution >= 4 is 26.5 Å². The molecule has 6 nitrogen and oxygen atoms in total. The van der Waals surface area contributed by atoms with Crippen LogP contribution in [0.5, 0.6) is 5.75 Å². The van der Waals surface area contributed by atoms with Gasteiger partial charge in [-0.3, -0.25) is 4.90 Å². The monoisotopic (exact) mass is 439 g/mol. The minimum Gasteiger partial charge on any atom is -0.497 e. The Labute approximate surface area is 184 Å². The van der Waals surface area contributed by atoms with Gasteiger partial charge in [0.25, 0.3) is 0 Å². The zero-order chi connectivity index (χ0) is 22.0. The lowest BCUT2D eigenvalue weighted by Gasteiger charge is -2.34. The first-order valence-corrected chi connectivity index (χ1v) is 11.9. The van der Waals surface area contributed by atoms with Crippen LogP contribution in [0.3, 0.4) is 0 Å². The summed E-state index contributed by atoms with van der Waals surface area (Å²) in [6.45, 7) is 3.20. The van der Waals surface area contributed by atoms with Crippen LogP contribution in [0.15, 0.2) is 65.6 Å². The van der Waals surface area contributed by atoms with Crippen molar-refractivity contribution in [1.82, 2.24) is 9.21 Å². The van der Waals surface area contributed by atoms with E-state index in [4.69, 9.17) is 4.74 Å². The van der Waals surface area contributed by atoms with Crippen LogP contribution in [-0.4, -0.2) is 65.0 Å². The molecule has 3 aromatic carbocycles. The van der Waals surface area contributed by atoms with E-state index in [-0.39, 0.29) is 0 Å². The summed E-state index contributed by atoms with van der Waals surface area (Å²) in [5, 5.41) is 1.72. The van der Waals surface area contributed by atoms with Gasteiger partial charge in [0.2, 0.25) is 10.0 Å². The molecule has 164 valence electrons. The third-order valence-corrected chi connectivity index (χ3v) is 7.81. The Balaban J connectivity index is 1.51. The van der Waals surface area contributed by atoms with E-state index in [9.17, 15) is 8.42 Å². The van der Waals surface area contributed by atoms with Crippen LogP contribution in [-0.2, 0) is 16.6 Å². The van der Waals surface area contributed by atoms with Gasteiger partial charge < -0.3 is 9.64 Å². The number of rotatable bonds is 6. The standard InChI is InChI=1S/C24H29N3O3S/c1-25(2)23-8-4-7-22-21(23)6-5-9-24(22)31(28,29)27-16-14-26(15-17-27)18-19-10-12-20(30-3)13-11-19/h4-13H,14-18H2,1-3H3. The smallest absolute Gasteiger partial charge is 0.243 e. The Morgan fingerprint density at radius 2 is 1.52 bits per heavy atom. The molecule has 1 heterocycles. The lowest BCUT2D eigenvalue weighted by Crippen LogP contribution is -2.48. The molecule has 4 rings (SSSR count). The molecule has 0 N–H and O–H groups in total. The average Bonchev–Trinajstić information content (AvgIpc) is 2.79. The number of hydrogen-bond acceptors (Lipinski definition) is 5. The van der Waals surface area contributed by atoms with Crippen molar-refractivity contribution < 1.29 is 13.2 Å². The maximum Gasteiger partial charge on any atom is 0.243 e. The highest BCUT2D eigenvalue weighted by Crippen LogP contribution is 2.32. The Hall–Kier alpha value is -2.61. The molecule has 1 fully saturated rings. The van der Waals surface area contributed by atoms with Crippen LogP contribution in [0, 0.1) is 0 Å². The number of fused-ring (bicyclic) bond motifs is 1. The largest absolute Gasteiger partial charge is 0.497 e. The van der Waals surface area contributed by atoms with Crippen LogP contribution in [0.25, 0.3) is 10.8 Å². The molecule has 0 aromatic heterocycles. The molecular formula is C24H29N3O3S. The van der Waals surface area contributed by atoms with E-state index in [2.05, 4.69) is 17.0 Å². The molecule has 7 heteroatoms. The predicted octanol–water partition coefficient (Wildman–Crippen LogP) is 3.42. The molecule has 1 aliphatic heterocycles. The molecule has 0 radical (unpaired) electrons. The second-order valence-corrected chi connectivity index (χ2v) is 9.96. The first-order chi connectivity index (χ1) is 14.9. The predicted molar refractivity (Wildman–Crippen MR) is 125 cm³/mol. The maximum absolute atomic E-state index is 13.5. The van der Waals surface area contributed by atoms with Crippen LogP contribution >= 0.6 is 0 Å². The van der Waals surface area contributed by atoms with Crippen molar-refractivity contribution in [2.75, 3.05) is 52.3 Å². The number of piperazine rings is 1. The normalized spacial score (nSPS) is 15.8. The van der Waals surface area contributed by atoms with Gasteiger partial charge in [-0.2, -0.15) is 4.31 Å². The summed E-state index contributed by atoms with van der Waals surface area (Å²) in [5.74, 6) is 0.840. The highest BCUT2D eigenvalue weighted by atomic mass is 32.2. The van der Waals surface area contributed by atoms with Gasteiger partial charge in [-0.05, 0) is 29.8 Å². The molecule has 0 bridgehead atoms. The molecule has 1 saturated heterocycles. The fourth-order valence-electron chi connectivity index (χ4n) is 4.14. The maximum atomic E-state index is 13.5. The van der Waals surface area contributed by atoms with Gasteiger partial charge in [0.1, 0.15) is 5.75 Å². The molecule has 1 aliphatic rings. The summed E-state index contributed by atoms with van der Waals surface area (Å²) in [4.78, 5) is 4.69. The van der Waals surface area contributed by atoms with E-state index in [1.807, 2.05) is 61.5 Å². The topological polar surface area (TPSA) is 53.1 Å². The highest BCUT2D eigenvalue weighted by Gasteiger charge is 2.30. The summed E-state index contributed by atoms with van der Waals surface area (Å²) in [6, 6.07) is 19.4. The lowest BCUT2D eigenvalue weighted by molar-refractivity contribution is 0.181.